The minimum Gasteiger partial charge on any atom is -0.309 e. The fourth-order valence-electron chi connectivity index (χ4n) is 2.96. The van der Waals surface area contributed by atoms with Gasteiger partial charge in [0, 0.05) is 20.9 Å². The molecular weight excluding hydrogens is 322 g/mol. The van der Waals surface area contributed by atoms with E-state index >= 15 is 0 Å². The van der Waals surface area contributed by atoms with E-state index in [1.54, 1.807) is 0 Å². The maximum absolute atomic E-state index is 3.59. The normalized spacial score (nSPS) is 11.3. The lowest BCUT2D eigenvalue weighted by molar-refractivity contribution is 1.18. The minimum absolute atomic E-state index is 1.11. The predicted octanol–water partition coefficient (Wildman–Crippen LogP) is 5.85. The zero-order valence-electron chi connectivity index (χ0n) is 11.7. The Balaban J connectivity index is 2.23. The first-order valence-corrected chi connectivity index (χ1v) is 7.79. The second kappa shape index (κ2) is 4.74. The summed E-state index contributed by atoms with van der Waals surface area (Å²) < 4.78 is 3.45. The molecule has 102 valence electrons. The highest BCUT2D eigenvalue weighted by Gasteiger charge is 2.12. The third-order valence-corrected chi connectivity index (χ3v) is 4.39. The second-order valence-electron chi connectivity index (χ2n) is 5.35. The van der Waals surface area contributed by atoms with Gasteiger partial charge in [-0.2, -0.15) is 0 Å². The maximum atomic E-state index is 3.59. The van der Waals surface area contributed by atoms with Crippen LogP contribution in [0, 0.1) is 6.92 Å². The first-order valence-electron chi connectivity index (χ1n) is 7.00. The van der Waals surface area contributed by atoms with Gasteiger partial charge in [-0.1, -0.05) is 46.3 Å². The van der Waals surface area contributed by atoms with E-state index in [4.69, 9.17) is 0 Å². The summed E-state index contributed by atoms with van der Waals surface area (Å²) in [4.78, 5) is 0. The number of aromatic nitrogens is 1. The number of hydrogen-bond acceptors (Lipinski definition) is 0. The molecule has 1 aromatic heterocycles. The Morgan fingerprint density at radius 1 is 0.762 bits per heavy atom. The number of fused-ring (bicyclic) bond motifs is 3. The van der Waals surface area contributed by atoms with Gasteiger partial charge in [-0.25, -0.2) is 0 Å². The molecule has 0 amide bonds. The van der Waals surface area contributed by atoms with Crippen LogP contribution in [-0.2, 0) is 0 Å². The largest absolute Gasteiger partial charge is 0.309 e. The average molecular weight is 336 g/mol. The van der Waals surface area contributed by atoms with Gasteiger partial charge in [0.25, 0.3) is 0 Å². The number of aryl methyl sites for hydroxylation is 1. The van der Waals surface area contributed by atoms with E-state index in [0.717, 1.165) is 4.47 Å². The van der Waals surface area contributed by atoms with Gasteiger partial charge in [-0.15, -0.1) is 0 Å². The van der Waals surface area contributed by atoms with Crippen LogP contribution in [0.5, 0.6) is 0 Å². The van der Waals surface area contributed by atoms with Gasteiger partial charge < -0.3 is 4.57 Å². The van der Waals surface area contributed by atoms with Crippen molar-refractivity contribution in [3.63, 3.8) is 0 Å². The van der Waals surface area contributed by atoms with Gasteiger partial charge in [-0.3, -0.25) is 0 Å². The summed E-state index contributed by atoms with van der Waals surface area (Å²) >= 11 is 3.59. The van der Waals surface area contributed by atoms with Crippen LogP contribution in [0.2, 0.25) is 0 Å². The third kappa shape index (κ3) is 1.98. The molecule has 0 bridgehead atoms. The number of hydrogen-bond donors (Lipinski definition) is 0. The zero-order valence-corrected chi connectivity index (χ0v) is 13.3. The van der Waals surface area contributed by atoms with E-state index in [1.807, 2.05) is 0 Å². The SMILES string of the molecule is Cc1ccc2c3cc(Br)ccc3n(-c3ccccc3)c2c1. The molecule has 4 aromatic rings. The molecule has 0 saturated carbocycles. The van der Waals surface area contributed by atoms with Gasteiger partial charge in [0.15, 0.2) is 0 Å². The van der Waals surface area contributed by atoms with Crippen molar-refractivity contribution in [1.82, 2.24) is 4.57 Å². The number of para-hydroxylation sites is 1. The van der Waals surface area contributed by atoms with E-state index in [9.17, 15) is 0 Å². The van der Waals surface area contributed by atoms with E-state index in [-0.39, 0.29) is 0 Å². The van der Waals surface area contributed by atoms with Crippen LogP contribution in [0.1, 0.15) is 5.56 Å². The van der Waals surface area contributed by atoms with Crippen molar-refractivity contribution < 1.29 is 0 Å². The fourth-order valence-corrected chi connectivity index (χ4v) is 3.32. The lowest BCUT2D eigenvalue weighted by Crippen LogP contribution is -1.93. The number of halogens is 1. The van der Waals surface area contributed by atoms with Gasteiger partial charge in [0.2, 0.25) is 0 Å². The number of nitrogens with zero attached hydrogens (tertiary/aromatic N) is 1. The van der Waals surface area contributed by atoms with Crippen LogP contribution in [0.15, 0.2) is 71.2 Å². The molecule has 0 fully saturated rings. The third-order valence-electron chi connectivity index (χ3n) is 3.90. The predicted molar refractivity (Wildman–Crippen MR) is 93.2 cm³/mol. The molecule has 0 spiro atoms. The van der Waals surface area contributed by atoms with Crippen LogP contribution in [0.3, 0.4) is 0 Å². The van der Waals surface area contributed by atoms with Gasteiger partial charge >= 0.3 is 0 Å². The van der Waals surface area contributed by atoms with Crippen molar-refractivity contribution in [3.05, 3.63) is 76.8 Å². The summed E-state index contributed by atoms with van der Waals surface area (Å²) in [7, 11) is 0. The average Bonchev–Trinajstić information content (AvgIpc) is 2.81. The molecule has 0 aliphatic rings. The van der Waals surface area contributed by atoms with E-state index in [1.165, 1.54) is 33.1 Å². The Kier molecular flexibility index (Phi) is 2.86. The lowest BCUT2D eigenvalue weighted by atomic mass is 10.1. The quantitative estimate of drug-likeness (QED) is 0.411. The molecule has 0 N–H and O–H groups in total. The Labute approximate surface area is 132 Å². The molecule has 1 heterocycles. The molecule has 0 saturated heterocycles. The Morgan fingerprint density at radius 3 is 2.38 bits per heavy atom. The van der Waals surface area contributed by atoms with Gasteiger partial charge in [-0.05, 0) is 48.9 Å². The fraction of sp³-hybridized carbons (Fsp3) is 0.0526. The van der Waals surface area contributed by atoms with Crippen LogP contribution >= 0.6 is 15.9 Å². The van der Waals surface area contributed by atoms with Crippen LogP contribution < -0.4 is 0 Å². The summed E-state index contributed by atoms with van der Waals surface area (Å²) in [5, 5.41) is 2.57. The van der Waals surface area contributed by atoms with E-state index < -0.39 is 0 Å². The van der Waals surface area contributed by atoms with Crippen molar-refractivity contribution in [2.45, 2.75) is 6.92 Å². The topological polar surface area (TPSA) is 4.93 Å². The van der Waals surface area contributed by atoms with Crippen LogP contribution in [0.25, 0.3) is 27.5 Å². The molecule has 0 unspecified atom stereocenters. The highest BCUT2D eigenvalue weighted by Crippen LogP contribution is 2.34. The molecule has 0 atom stereocenters. The van der Waals surface area contributed by atoms with Crippen molar-refractivity contribution in [2.75, 3.05) is 0 Å². The first-order chi connectivity index (χ1) is 10.2. The summed E-state index contributed by atoms with van der Waals surface area (Å²) in [6.45, 7) is 2.14. The van der Waals surface area contributed by atoms with Gasteiger partial charge in [0.1, 0.15) is 0 Å². The van der Waals surface area contributed by atoms with Crippen molar-refractivity contribution >= 4 is 37.7 Å². The Bertz CT molecular complexity index is 952. The molecule has 3 aromatic carbocycles. The lowest BCUT2D eigenvalue weighted by Gasteiger charge is -2.07. The van der Waals surface area contributed by atoms with Gasteiger partial charge in [0.05, 0.1) is 11.0 Å². The molecule has 4 rings (SSSR count). The monoisotopic (exact) mass is 335 g/mol. The molecular formula is C19H14BrN. The number of benzene rings is 3. The van der Waals surface area contributed by atoms with Crippen molar-refractivity contribution in [1.29, 1.82) is 0 Å². The standard InChI is InChI=1S/C19H14BrN/c1-13-7-9-16-17-12-14(20)8-10-18(17)21(19(16)11-13)15-5-3-2-4-6-15/h2-12H,1H3. The smallest absolute Gasteiger partial charge is 0.0543 e. The first kappa shape index (κ1) is 12.7. The van der Waals surface area contributed by atoms with E-state index in [0.29, 0.717) is 0 Å². The van der Waals surface area contributed by atoms with Crippen molar-refractivity contribution in [2.24, 2.45) is 0 Å². The molecule has 1 nitrogen and oxygen atoms in total. The van der Waals surface area contributed by atoms with Crippen LogP contribution in [-0.4, -0.2) is 4.57 Å². The summed E-state index contributed by atoms with van der Waals surface area (Å²) in [5.74, 6) is 0. The summed E-state index contributed by atoms with van der Waals surface area (Å²) in [6.07, 6.45) is 0. The highest BCUT2D eigenvalue weighted by molar-refractivity contribution is 9.10. The minimum atomic E-state index is 1.11. The molecule has 0 aliphatic heterocycles. The summed E-state index contributed by atoms with van der Waals surface area (Å²) in [5.41, 5.74) is 4.98. The van der Waals surface area contributed by atoms with Crippen LogP contribution in [0.4, 0.5) is 0 Å². The number of rotatable bonds is 1. The molecule has 21 heavy (non-hydrogen) atoms. The van der Waals surface area contributed by atoms with Crippen molar-refractivity contribution in [3.8, 4) is 5.69 Å². The molecule has 0 aliphatic carbocycles. The zero-order chi connectivity index (χ0) is 14.4. The second-order valence-corrected chi connectivity index (χ2v) is 6.27. The molecule has 0 radical (unpaired) electrons. The summed E-state index contributed by atoms with van der Waals surface area (Å²) in [6, 6.07) is 23.7. The van der Waals surface area contributed by atoms with E-state index in [2.05, 4.69) is 94.2 Å². The molecule has 2 heteroatoms. The maximum Gasteiger partial charge on any atom is 0.0543 e. The Hall–Kier alpha value is -2.06. The Morgan fingerprint density at radius 2 is 1.57 bits per heavy atom. The highest BCUT2D eigenvalue weighted by atomic mass is 79.9.